The zero-order valence-corrected chi connectivity index (χ0v) is 17.7. The summed E-state index contributed by atoms with van der Waals surface area (Å²) in [5.74, 6) is -0.195. The minimum absolute atomic E-state index is 0.0980. The Labute approximate surface area is 177 Å². The third-order valence-electron chi connectivity index (χ3n) is 5.68. The van der Waals surface area contributed by atoms with Crippen LogP contribution in [0.1, 0.15) is 13.3 Å². The van der Waals surface area contributed by atoms with Crippen LogP contribution in [0.2, 0.25) is 0 Å². The van der Waals surface area contributed by atoms with E-state index in [1.54, 1.807) is 23.1 Å². The summed E-state index contributed by atoms with van der Waals surface area (Å²) in [6, 6.07) is 6.27. The summed E-state index contributed by atoms with van der Waals surface area (Å²) in [6.07, 6.45) is -0.0980. The summed E-state index contributed by atoms with van der Waals surface area (Å²) in [6.45, 7) is 7.77. The summed E-state index contributed by atoms with van der Waals surface area (Å²) in [7, 11) is 1.53. The number of piperazine rings is 2. The van der Waals surface area contributed by atoms with Gasteiger partial charge in [0, 0.05) is 39.3 Å². The van der Waals surface area contributed by atoms with E-state index in [1.807, 2.05) is 6.07 Å². The Morgan fingerprint density at radius 2 is 1.83 bits per heavy atom. The summed E-state index contributed by atoms with van der Waals surface area (Å²) in [4.78, 5) is 44.1. The standard InChI is InChI=1S/C21H31N5O4/c1-3-24-10-12-25(13-11-24)15-20(28)26-9-8-22-21(29)17(26)14-19(27)23-16-6-4-5-7-18(16)30-2/h4-7,17H,3,8-15H2,1-2H3,(H,22,29)(H,23,27). The number of carbonyl (C=O) groups excluding carboxylic acids is 3. The molecule has 2 heterocycles. The number of para-hydroxylation sites is 2. The predicted molar refractivity (Wildman–Crippen MR) is 113 cm³/mol. The van der Waals surface area contributed by atoms with Gasteiger partial charge in [-0.2, -0.15) is 0 Å². The molecular formula is C21H31N5O4. The molecule has 0 bridgehead atoms. The highest BCUT2D eigenvalue weighted by atomic mass is 16.5. The van der Waals surface area contributed by atoms with E-state index in [9.17, 15) is 14.4 Å². The normalized spacial score (nSPS) is 20.5. The maximum absolute atomic E-state index is 13.0. The number of anilines is 1. The van der Waals surface area contributed by atoms with Crippen LogP contribution in [0, 0.1) is 0 Å². The molecule has 2 N–H and O–H groups in total. The van der Waals surface area contributed by atoms with Crippen LogP contribution in [0.5, 0.6) is 5.75 Å². The monoisotopic (exact) mass is 417 g/mol. The Bertz CT molecular complexity index is 764. The molecule has 9 heteroatoms. The van der Waals surface area contributed by atoms with Gasteiger partial charge in [0.1, 0.15) is 11.8 Å². The number of carbonyl (C=O) groups is 3. The molecule has 2 saturated heterocycles. The number of hydrogen-bond donors (Lipinski definition) is 2. The minimum Gasteiger partial charge on any atom is -0.495 e. The van der Waals surface area contributed by atoms with E-state index in [0.717, 1.165) is 32.7 Å². The fraction of sp³-hybridized carbons (Fsp3) is 0.571. The summed E-state index contributed by atoms with van der Waals surface area (Å²) < 4.78 is 5.25. The second-order valence-corrected chi connectivity index (χ2v) is 7.56. The number of ether oxygens (including phenoxy) is 1. The third-order valence-corrected chi connectivity index (χ3v) is 5.68. The number of hydrogen-bond acceptors (Lipinski definition) is 6. The van der Waals surface area contributed by atoms with Gasteiger partial charge in [-0.05, 0) is 18.7 Å². The number of methoxy groups -OCH3 is 1. The van der Waals surface area contributed by atoms with E-state index in [0.29, 0.717) is 24.5 Å². The van der Waals surface area contributed by atoms with Crippen molar-refractivity contribution in [3.8, 4) is 5.75 Å². The van der Waals surface area contributed by atoms with Crippen molar-refractivity contribution in [3.63, 3.8) is 0 Å². The first-order valence-electron chi connectivity index (χ1n) is 10.5. The molecule has 1 aromatic carbocycles. The van der Waals surface area contributed by atoms with Crippen molar-refractivity contribution in [2.75, 3.05) is 64.8 Å². The zero-order chi connectivity index (χ0) is 21.5. The summed E-state index contributed by atoms with van der Waals surface area (Å²) >= 11 is 0. The van der Waals surface area contributed by atoms with Crippen LogP contribution >= 0.6 is 0 Å². The fourth-order valence-corrected chi connectivity index (χ4v) is 3.89. The highest BCUT2D eigenvalue weighted by Gasteiger charge is 2.35. The van der Waals surface area contributed by atoms with Crippen molar-refractivity contribution in [1.82, 2.24) is 20.0 Å². The van der Waals surface area contributed by atoms with Crippen molar-refractivity contribution in [1.29, 1.82) is 0 Å². The average Bonchev–Trinajstić information content (AvgIpc) is 2.76. The van der Waals surface area contributed by atoms with Gasteiger partial charge in [0.15, 0.2) is 0 Å². The molecule has 2 aliphatic heterocycles. The lowest BCUT2D eigenvalue weighted by Gasteiger charge is -2.38. The molecule has 0 radical (unpaired) electrons. The molecule has 3 rings (SSSR count). The molecule has 1 aromatic rings. The van der Waals surface area contributed by atoms with Crippen molar-refractivity contribution in [2.24, 2.45) is 0 Å². The maximum Gasteiger partial charge on any atom is 0.243 e. The van der Waals surface area contributed by atoms with E-state index in [-0.39, 0.29) is 30.7 Å². The van der Waals surface area contributed by atoms with E-state index >= 15 is 0 Å². The molecule has 2 fully saturated rings. The quantitative estimate of drug-likeness (QED) is 0.648. The number of nitrogens with zero attached hydrogens (tertiary/aromatic N) is 3. The van der Waals surface area contributed by atoms with Gasteiger partial charge in [-0.1, -0.05) is 19.1 Å². The molecule has 1 unspecified atom stereocenters. The van der Waals surface area contributed by atoms with E-state index in [1.165, 1.54) is 7.11 Å². The molecule has 30 heavy (non-hydrogen) atoms. The van der Waals surface area contributed by atoms with E-state index in [4.69, 9.17) is 4.74 Å². The SMILES string of the molecule is CCN1CCN(CC(=O)N2CCNC(=O)C2CC(=O)Nc2ccccc2OC)CC1. The van der Waals surface area contributed by atoms with Crippen LogP contribution in [-0.4, -0.2) is 97.9 Å². The van der Waals surface area contributed by atoms with Crippen LogP contribution in [0.15, 0.2) is 24.3 Å². The van der Waals surface area contributed by atoms with Gasteiger partial charge in [-0.15, -0.1) is 0 Å². The van der Waals surface area contributed by atoms with Crippen molar-refractivity contribution >= 4 is 23.4 Å². The lowest BCUT2D eigenvalue weighted by atomic mass is 10.1. The molecule has 164 valence electrons. The van der Waals surface area contributed by atoms with Crippen LogP contribution in [0.4, 0.5) is 5.69 Å². The largest absolute Gasteiger partial charge is 0.495 e. The third kappa shape index (κ3) is 5.48. The van der Waals surface area contributed by atoms with Gasteiger partial charge in [0.2, 0.25) is 17.7 Å². The number of rotatable bonds is 7. The van der Waals surface area contributed by atoms with Crippen LogP contribution in [0.25, 0.3) is 0 Å². The molecule has 1 atom stereocenters. The second-order valence-electron chi connectivity index (χ2n) is 7.56. The molecule has 9 nitrogen and oxygen atoms in total. The first kappa shape index (κ1) is 22.0. The predicted octanol–water partition coefficient (Wildman–Crippen LogP) is -0.0117. The number of amides is 3. The highest BCUT2D eigenvalue weighted by molar-refractivity contribution is 5.98. The minimum atomic E-state index is -0.808. The molecule has 0 spiro atoms. The zero-order valence-electron chi connectivity index (χ0n) is 17.7. The van der Waals surface area contributed by atoms with Gasteiger partial charge in [0.05, 0.1) is 25.8 Å². The average molecular weight is 418 g/mol. The first-order valence-corrected chi connectivity index (χ1v) is 10.5. The highest BCUT2D eigenvalue weighted by Crippen LogP contribution is 2.23. The number of likely N-dealkylation sites (N-methyl/N-ethyl adjacent to an activating group) is 1. The summed E-state index contributed by atoms with van der Waals surface area (Å²) in [5.41, 5.74) is 0.535. The topological polar surface area (TPSA) is 94.2 Å². The fourth-order valence-electron chi connectivity index (χ4n) is 3.89. The van der Waals surface area contributed by atoms with Gasteiger partial charge in [-0.25, -0.2) is 0 Å². The Balaban J connectivity index is 1.60. The van der Waals surface area contributed by atoms with E-state index in [2.05, 4.69) is 27.4 Å². The molecule has 3 amide bonds. The van der Waals surface area contributed by atoms with Crippen molar-refractivity contribution in [3.05, 3.63) is 24.3 Å². The Kier molecular flexibility index (Phi) is 7.64. The van der Waals surface area contributed by atoms with Crippen LogP contribution < -0.4 is 15.4 Å². The van der Waals surface area contributed by atoms with Crippen molar-refractivity contribution in [2.45, 2.75) is 19.4 Å². The van der Waals surface area contributed by atoms with Crippen molar-refractivity contribution < 1.29 is 19.1 Å². The van der Waals surface area contributed by atoms with Gasteiger partial charge < -0.3 is 25.2 Å². The second kappa shape index (κ2) is 10.4. The van der Waals surface area contributed by atoms with Gasteiger partial charge >= 0.3 is 0 Å². The summed E-state index contributed by atoms with van der Waals surface area (Å²) in [5, 5.41) is 5.55. The lowest BCUT2D eigenvalue weighted by Crippen LogP contribution is -2.60. The molecule has 0 saturated carbocycles. The molecular weight excluding hydrogens is 386 g/mol. The molecule has 2 aliphatic rings. The first-order chi connectivity index (χ1) is 14.5. The van der Waals surface area contributed by atoms with Gasteiger partial charge in [-0.3, -0.25) is 19.3 Å². The Hall–Kier alpha value is -2.65. The van der Waals surface area contributed by atoms with E-state index < -0.39 is 6.04 Å². The number of benzene rings is 1. The van der Waals surface area contributed by atoms with Crippen LogP contribution in [-0.2, 0) is 14.4 Å². The molecule has 0 aromatic heterocycles. The Morgan fingerprint density at radius 3 is 2.53 bits per heavy atom. The lowest BCUT2D eigenvalue weighted by molar-refractivity contribution is -0.145. The maximum atomic E-state index is 13.0. The molecule has 0 aliphatic carbocycles. The Morgan fingerprint density at radius 1 is 1.13 bits per heavy atom. The number of nitrogens with one attached hydrogen (secondary N) is 2. The van der Waals surface area contributed by atoms with Crippen LogP contribution in [0.3, 0.4) is 0 Å². The van der Waals surface area contributed by atoms with Gasteiger partial charge in [0.25, 0.3) is 0 Å². The smallest absolute Gasteiger partial charge is 0.243 e.